The lowest BCUT2D eigenvalue weighted by molar-refractivity contribution is 0.152. The maximum atomic E-state index is 11.3. The monoisotopic (exact) mass is 300 g/mol. The SMILES string of the molecule is CCOC(=O)NCCc1cn(CC=C(C)C)c2ccccc12. The van der Waals surface area contributed by atoms with E-state index in [1.165, 1.54) is 22.0 Å². The summed E-state index contributed by atoms with van der Waals surface area (Å²) < 4.78 is 7.13. The number of hydrogen-bond acceptors (Lipinski definition) is 2. The molecular formula is C18H24N2O2. The Balaban J connectivity index is 2.12. The number of nitrogens with one attached hydrogen (secondary N) is 1. The number of alkyl carbamates (subject to hydrolysis) is 1. The van der Waals surface area contributed by atoms with Gasteiger partial charge in [-0.05, 0) is 38.8 Å². The fourth-order valence-electron chi connectivity index (χ4n) is 2.44. The van der Waals surface area contributed by atoms with Crippen LogP contribution in [0, 0.1) is 0 Å². The molecule has 0 spiro atoms. The van der Waals surface area contributed by atoms with E-state index < -0.39 is 0 Å². The summed E-state index contributed by atoms with van der Waals surface area (Å²) in [7, 11) is 0. The first-order valence-electron chi connectivity index (χ1n) is 7.72. The van der Waals surface area contributed by atoms with Gasteiger partial charge in [0.25, 0.3) is 0 Å². The number of carbonyl (C=O) groups is 1. The summed E-state index contributed by atoms with van der Waals surface area (Å²) in [5, 5.41) is 4.02. The number of amides is 1. The molecule has 0 bridgehead atoms. The van der Waals surface area contributed by atoms with E-state index in [1.807, 2.05) is 0 Å². The number of fused-ring (bicyclic) bond motifs is 1. The fourth-order valence-corrected chi connectivity index (χ4v) is 2.44. The van der Waals surface area contributed by atoms with Gasteiger partial charge in [-0.2, -0.15) is 0 Å². The van der Waals surface area contributed by atoms with Crippen LogP contribution in [0.15, 0.2) is 42.1 Å². The van der Waals surface area contributed by atoms with E-state index in [0.717, 1.165) is 13.0 Å². The number of rotatable bonds is 6. The highest BCUT2D eigenvalue weighted by Crippen LogP contribution is 2.21. The maximum absolute atomic E-state index is 11.3. The molecule has 2 rings (SSSR count). The minimum Gasteiger partial charge on any atom is -0.450 e. The number of hydrogen-bond donors (Lipinski definition) is 1. The van der Waals surface area contributed by atoms with Gasteiger partial charge in [-0.1, -0.05) is 29.8 Å². The Hall–Kier alpha value is -2.23. The predicted molar refractivity (Wildman–Crippen MR) is 90.1 cm³/mol. The van der Waals surface area contributed by atoms with Crippen molar-refractivity contribution >= 4 is 17.0 Å². The molecule has 1 aromatic heterocycles. The highest BCUT2D eigenvalue weighted by atomic mass is 16.5. The Morgan fingerprint density at radius 2 is 2.09 bits per heavy atom. The van der Waals surface area contributed by atoms with Crippen molar-refractivity contribution < 1.29 is 9.53 Å². The summed E-state index contributed by atoms with van der Waals surface area (Å²) in [6, 6.07) is 8.38. The van der Waals surface area contributed by atoms with Crippen LogP contribution < -0.4 is 5.32 Å². The predicted octanol–water partition coefficient (Wildman–Crippen LogP) is 3.90. The van der Waals surface area contributed by atoms with E-state index in [2.05, 4.69) is 60.3 Å². The zero-order valence-corrected chi connectivity index (χ0v) is 13.6. The molecular weight excluding hydrogens is 276 g/mol. The lowest BCUT2D eigenvalue weighted by Gasteiger charge is -2.04. The molecule has 0 aliphatic heterocycles. The summed E-state index contributed by atoms with van der Waals surface area (Å²) in [6.07, 6.45) is 4.83. The third-order valence-electron chi connectivity index (χ3n) is 3.51. The molecule has 0 unspecified atom stereocenters. The molecule has 118 valence electrons. The number of nitrogens with zero attached hydrogens (tertiary/aromatic N) is 1. The van der Waals surface area contributed by atoms with Crippen LogP contribution in [0.5, 0.6) is 0 Å². The smallest absolute Gasteiger partial charge is 0.407 e. The van der Waals surface area contributed by atoms with Crippen LogP contribution in [-0.2, 0) is 17.7 Å². The van der Waals surface area contributed by atoms with Crippen LogP contribution in [0.3, 0.4) is 0 Å². The Bertz CT molecular complexity index is 667. The van der Waals surface area contributed by atoms with Gasteiger partial charge in [-0.15, -0.1) is 0 Å². The number of carbonyl (C=O) groups excluding carboxylic acids is 1. The minimum absolute atomic E-state index is 0.351. The van der Waals surface area contributed by atoms with E-state index in [4.69, 9.17) is 4.74 Å². The summed E-state index contributed by atoms with van der Waals surface area (Å²) in [5.41, 5.74) is 3.78. The van der Waals surface area contributed by atoms with Crippen LogP contribution in [0.25, 0.3) is 10.9 Å². The average molecular weight is 300 g/mol. The summed E-state index contributed by atoms with van der Waals surface area (Å²) >= 11 is 0. The fraction of sp³-hybridized carbons (Fsp3) is 0.389. The van der Waals surface area contributed by atoms with Gasteiger partial charge < -0.3 is 14.6 Å². The Labute approximate surface area is 131 Å². The molecule has 0 saturated carbocycles. The van der Waals surface area contributed by atoms with Crippen molar-refractivity contribution in [2.24, 2.45) is 0 Å². The lowest BCUT2D eigenvalue weighted by atomic mass is 10.1. The normalized spacial score (nSPS) is 10.5. The maximum Gasteiger partial charge on any atom is 0.407 e. The second kappa shape index (κ2) is 7.69. The first-order chi connectivity index (χ1) is 10.6. The third kappa shape index (κ3) is 4.13. The first-order valence-corrected chi connectivity index (χ1v) is 7.72. The van der Waals surface area contributed by atoms with Gasteiger partial charge in [0, 0.05) is 30.2 Å². The molecule has 0 radical (unpaired) electrons. The number of ether oxygens (including phenoxy) is 1. The van der Waals surface area contributed by atoms with Gasteiger partial charge >= 0.3 is 6.09 Å². The van der Waals surface area contributed by atoms with Crippen molar-refractivity contribution in [2.45, 2.75) is 33.7 Å². The number of aromatic nitrogens is 1. The molecule has 0 fully saturated rings. The highest BCUT2D eigenvalue weighted by Gasteiger charge is 2.08. The number of allylic oxidation sites excluding steroid dienone is 2. The number of para-hydroxylation sites is 1. The van der Waals surface area contributed by atoms with Crippen LogP contribution in [0.4, 0.5) is 4.79 Å². The lowest BCUT2D eigenvalue weighted by Crippen LogP contribution is -2.26. The van der Waals surface area contributed by atoms with Crippen molar-refractivity contribution in [3.8, 4) is 0 Å². The zero-order valence-electron chi connectivity index (χ0n) is 13.6. The molecule has 1 aromatic carbocycles. The van der Waals surface area contributed by atoms with Crippen LogP contribution >= 0.6 is 0 Å². The molecule has 0 aliphatic carbocycles. The van der Waals surface area contributed by atoms with Crippen molar-refractivity contribution in [3.63, 3.8) is 0 Å². The average Bonchev–Trinajstić information content (AvgIpc) is 2.84. The topological polar surface area (TPSA) is 43.3 Å². The molecule has 4 nitrogen and oxygen atoms in total. The van der Waals surface area contributed by atoms with E-state index in [9.17, 15) is 4.79 Å². The largest absolute Gasteiger partial charge is 0.450 e. The molecule has 1 N–H and O–H groups in total. The third-order valence-corrected chi connectivity index (χ3v) is 3.51. The minimum atomic E-state index is -0.351. The van der Waals surface area contributed by atoms with Gasteiger partial charge in [-0.25, -0.2) is 4.79 Å². The second-order valence-electron chi connectivity index (χ2n) is 5.50. The van der Waals surface area contributed by atoms with Crippen molar-refractivity contribution in [1.82, 2.24) is 9.88 Å². The zero-order chi connectivity index (χ0) is 15.9. The molecule has 22 heavy (non-hydrogen) atoms. The first kappa shape index (κ1) is 16.1. The van der Waals surface area contributed by atoms with E-state index in [-0.39, 0.29) is 6.09 Å². The van der Waals surface area contributed by atoms with Crippen LogP contribution in [0.1, 0.15) is 26.3 Å². The number of benzene rings is 1. The molecule has 1 heterocycles. The quantitative estimate of drug-likeness (QED) is 0.822. The van der Waals surface area contributed by atoms with Gasteiger partial charge in [0.2, 0.25) is 0 Å². The molecule has 2 aromatic rings. The Kier molecular flexibility index (Phi) is 5.64. The Morgan fingerprint density at radius 3 is 2.82 bits per heavy atom. The highest BCUT2D eigenvalue weighted by molar-refractivity contribution is 5.84. The van der Waals surface area contributed by atoms with Crippen molar-refractivity contribution in [3.05, 3.63) is 47.7 Å². The van der Waals surface area contributed by atoms with Crippen LogP contribution in [0.2, 0.25) is 0 Å². The molecule has 1 amide bonds. The Morgan fingerprint density at radius 1 is 1.32 bits per heavy atom. The second-order valence-corrected chi connectivity index (χ2v) is 5.50. The molecule has 4 heteroatoms. The van der Waals surface area contributed by atoms with E-state index in [1.54, 1.807) is 6.92 Å². The standard InChI is InChI=1S/C18H24N2O2/c1-4-22-18(21)19-11-9-15-13-20(12-10-14(2)3)17-8-6-5-7-16(15)17/h5-8,10,13H,4,9,11-12H2,1-3H3,(H,19,21). The summed E-state index contributed by atoms with van der Waals surface area (Å²) in [4.78, 5) is 11.3. The van der Waals surface area contributed by atoms with E-state index in [0.29, 0.717) is 13.2 Å². The van der Waals surface area contributed by atoms with Crippen molar-refractivity contribution in [1.29, 1.82) is 0 Å². The van der Waals surface area contributed by atoms with Gasteiger partial charge in [0.05, 0.1) is 6.61 Å². The van der Waals surface area contributed by atoms with Gasteiger partial charge in [-0.3, -0.25) is 0 Å². The van der Waals surface area contributed by atoms with Gasteiger partial charge in [0.15, 0.2) is 0 Å². The molecule has 0 atom stereocenters. The van der Waals surface area contributed by atoms with Gasteiger partial charge in [0.1, 0.15) is 0 Å². The van der Waals surface area contributed by atoms with E-state index >= 15 is 0 Å². The summed E-state index contributed by atoms with van der Waals surface area (Å²) in [6.45, 7) is 7.86. The summed E-state index contributed by atoms with van der Waals surface area (Å²) in [5.74, 6) is 0. The molecule has 0 aliphatic rings. The van der Waals surface area contributed by atoms with Crippen molar-refractivity contribution in [2.75, 3.05) is 13.2 Å². The van der Waals surface area contributed by atoms with Crippen LogP contribution in [-0.4, -0.2) is 23.8 Å². The molecule has 0 saturated heterocycles.